The molecule has 200 valence electrons. The molecule has 0 aliphatic carbocycles. The minimum atomic E-state index is -0.243. The molecule has 0 radical (unpaired) electrons. The molecule has 2 aromatic heterocycles. The van der Waals surface area contributed by atoms with Crippen LogP contribution in [0.15, 0.2) is 95.7 Å². The van der Waals surface area contributed by atoms with E-state index in [1.807, 2.05) is 54.6 Å². The number of methoxy groups -OCH3 is 3. The molecule has 39 heavy (non-hydrogen) atoms. The van der Waals surface area contributed by atoms with Crippen LogP contribution in [0.3, 0.4) is 0 Å². The van der Waals surface area contributed by atoms with Crippen molar-refractivity contribution >= 4 is 16.8 Å². The third kappa shape index (κ3) is 5.93. The van der Waals surface area contributed by atoms with Gasteiger partial charge in [0.05, 0.1) is 34.1 Å². The Balaban J connectivity index is 1.54. The second kappa shape index (κ2) is 11.8. The summed E-state index contributed by atoms with van der Waals surface area (Å²) in [7, 11) is 4.92. The molecule has 0 aliphatic rings. The third-order valence-corrected chi connectivity index (χ3v) is 6.91. The van der Waals surface area contributed by atoms with Crippen LogP contribution in [-0.4, -0.2) is 31.8 Å². The standard InChI is InChI=1S/C32H32N2O5/c1-36-24-12-10-22(11-13-24)20-34-21-30(28-8-4-5-9-31(28)34)29(18-32(35)33-19-25-7-6-14-39-25)23-15-26(37-2)17-27(16-23)38-3/h4-17,21,29H,18-20H2,1-3H3,(H,33,35). The highest BCUT2D eigenvalue weighted by Gasteiger charge is 2.24. The number of aromatic nitrogens is 1. The lowest BCUT2D eigenvalue weighted by molar-refractivity contribution is -0.121. The lowest BCUT2D eigenvalue weighted by atomic mass is 9.87. The van der Waals surface area contributed by atoms with E-state index >= 15 is 0 Å². The molecule has 2 heterocycles. The fourth-order valence-corrected chi connectivity index (χ4v) is 4.91. The smallest absolute Gasteiger partial charge is 0.221 e. The van der Waals surface area contributed by atoms with E-state index in [9.17, 15) is 4.79 Å². The molecule has 3 aromatic carbocycles. The van der Waals surface area contributed by atoms with E-state index in [0.717, 1.165) is 33.3 Å². The van der Waals surface area contributed by atoms with Crippen molar-refractivity contribution in [2.24, 2.45) is 0 Å². The Morgan fingerprint density at radius 3 is 2.26 bits per heavy atom. The molecule has 5 aromatic rings. The number of rotatable bonds is 11. The Labute approximate surface area is 227 Å². The number of amides is 1. The van der Waals surface area contributed by atoms with Crippen molar-refractivity contribution in [2.75, 3.05) is 21.3 Å². The second-order valence-electron chi connectivity index (χ2n) is 9.34. The Morgan fingerprint density at radius 1 is 0.872 bits per heavy atom. The number of hydrogen-bond acceptors (Lipinski definition) is 5. The fraction of sp³-hybridized carbons (Fsp3) is 0.219. The number of carbonyl (C=O) groups is 1. The summed E-state index contributed by atoms with van der Waals surface area (Å²) in [5, 5.41) is 4.10. The molecule has 0 bridgehead atoms. The van der Waals surface area contributed by atoms with Crippen molar-refractivity contribution in [1.82, 2.24) is 9.88 Å². The topological polar surface area (TPSA) is 74.9 Å². The van der Waals surface area contributed by atoms with E-state index in [1.165, 1.54) is 0 Å². The van der Waals surface area contributed by atoms with Gasteiger partial charge in [0.15, 0.2) is 0 Å². The van der Waals surface area contributed by atoms with Crippen LogP contribution in [0.1, 0.15) is 34.8 Å². The zero-order chi connectivity index (χ0) is 27.2. The number of fused-ring (bicyclic) bond motifs is 1. The fourth-order valence-electron chi connectivity index (χ4n) is 4.91. The maximum absolute atomic E-state index is 13.3. The maximum atomic E-state index is 13.3. The molecular weight excluding hydrogens is 492 g/mol. The maximum Gasteiger partial charge on any atom is 0.221 e. The van der Waals surface area contributed by atoms with Gasteiger partial charge in [0.1, 0.15) is 23.0 Å². The number of nitrogens with zero attached hydrogens (tertiary/aromatic N) is 1. The van der Waals surface area contributed by atoms with E-state index in [0.29, 0.717) is 30.3 Å². The van der Waals surface area contributed by atoms with Crippen molar-refractivity contribution in [2.45, 2.75) is 25.4 Å². The Morgan fingerprint density at radius 2 is 1.59 bits per heavy atom. The van der Waals surface area contributed by atoms with E-state index in [2.05, 4.69) is 40.3 Å². The summed E-state index contributed by atoms with van der Waals surface area (Å²) in [6, 6.07) is 25.8. The van der Waals surface area contributed by atoms with Gasteiger partial charge in [-0.2, -0.15) is 0 Å². The number of nitrogens with one attached hydrogen (secondary N) is 1. The number of benzene rings is 3. The third-order valence-electron chi connectivity index (χ3n) is 6.91. The predicted octanol–water partition coefficient (Wildman–Crippen LogP) is 6.15. The van der Waals surface area contributed by atoms with Gasteiger partial charge >= 0.3 is 0 Å². The second-order valence-corrected chi connectivity index (χ2v) is 9.34. The Kier molecular flexibility index (Phi) is 7.87. The molecule has 0 fully saturated rings. The molecule has 1 unspecified atom stereocenters. The first kappa shape index (κ1) is 26.0. The van der Waals surface area contributed by atoms with Crippen molar-refractivity contribution in [1.29, 1.82) is 0 Å². The van der Waals surface area contributed by atoms with E-state index in [4.69, 9.17) is 18.6 Å². The number of furan rings is 1. The molecule has 0 saturated carbocycles. The van der Waals surface area contributed by atoms with Crippen LogP contribution in [0, 0.1) is 0 Å². The number of carbonyl (C=O) groups excluding carboxylic acids is 1. The van der Waals surface area contributed by atoms with Gasteiger partial charge < -0.3 is 28.5 Å². The van der Waals surface area contributed by atoms with Gasteiger partial charge in [-0.1, -0.05) is 30.3 Å². The molecule has 1 atom stereocenters. The average Bonchev–Trinajstić information content (AvgIpc) is 3.63. The van der Waals surface area contributed by atoms with Crippen LogP contribution >= 0.6 is 0 Å². The lowest BCUT2D eigenvalue weighted by Gasteiger charge is -2.19. The van der Waals surface area contributed by atoms with Crippen LogP contribution in [0.2, 0.25) is 0 Å². The average molecular weight is 525 g/mol. The summed E-state index contributed by atoms with van der Waals surface area (Å²) in [6.07, 6.45) is 4.00. The SMILES string of the molecule is COc1ccc(Cn2cc(C(CC(=O)NCc3ccco3)c3cc(OC)cc(OC)c3)c3ccccc32)cc1. The van der Waals surface area contributed by atoms with Crippen LogP contribution in [-0.2, 0) is 17.9 Å². The summed E-state index contributed by atoms with van der Waals surface area (Å²) < 4.78 is 24.1. The zero-order valence-electron chi connectivity index (χ0n) is 22.3. The van der Waals surface area contributed by atoms with E-state index < -0.39 is 0 Å². The summed E-state index contributed by atoms with van der Waals surface area (Å²) in [5.74, 6) is 2.56. The highest BCUT2D eigenvalue weighted by Crippen LogP contribution is 2.38. The predicted molar refractivity (Wildman–Crippen MR) is 151 cm³/mol. The van der Waals surface area contributed by atoms with Crippen molar-refractivity contribution in [3.63, 3.8) is 0 Å². The minimum Gasteiger partial charge on any atom is -0.497 e. The van der Waals surface area contributed by atoms with Gasteiger partial charge in [-0.15, -0.1) is 0 Å². The van der Waals surface area contributed by atoms with Crippen LogP contribution in [0.25, 0.3) is 10.9 Å². The van der Waals surface area contributed by atoms with Crippen LogP contribution in [0.5, 0.6) is 17.2 Å². The first-order valence-electron chi connectivity index (χ1n) is 12.8. The zero-order valence-corrected chi connectivity index (χ0v) is 22.3. The minimum absolute atomic E-state index is 0.0785. The van der Waals surface area contributed by atoms with Crippen molar-refractivity contribution < 1.29 is 23.4 Å². The van der Waals surface area contributed by atoms with Gasteiger partial charge in [-0.05, 0) is 59.2 Å². The first-order chi connectivity index (χ1) is 19.1. The molecule has 1 amide bonds. The largest absolute Gasteiger partial charge is 0.497 e. The lowest BCUT2D eigenvalue weighted by Crippen LogP contribution is -2.24. The molecule has 1 N–H and O–H groups in total. The Bertz CT molecular complexity index is 1510. The van der Waals surface area contributed by atoms with Gasteiger partial charge in [0.2, 0.25) is 5.91 Å². The molecule has 0 saturated heterocycles. The molecule has 0 aliphatic heterocycles. The number of ether oxygens (including phenoxy) is 3. The summed E-state index contributed by atoms with van der Waals surface area (Å²) in [6.45, 7) is 1.02. The molecule has 7 heteroatoms. The van der Waals surface area contributed by atoms with Gasteiger partial charge in [0.25, 0.3) is 0 Å². The quantitative estimate of drug-likeness (QED) is 0.224. The van der Waals surface area contributed by atoms with Crippen LogP contribution in [0.4, 0.5) is 0 Å². The number of hydrogen-bond donors (Lipinski definition) is 1. The summed E-state index contributed by atoms with van der Waals surface area (Å²) in [5.41, 5.74) is 4.24. The number of para-hydroxylation sites is 1. The molecule has 7 nitrogen and oxygen atoms in total. The van der Waals surface area contributed by atoms with Crippen LogP contribution < -0.4 is 19.5 Å². The summed E-state index contributed by atoms with van der Waals surface area (Å²) in [4.78, 5) is 13.3. The normalized spacial score (nSPS) is 11.8. The van der Waals surface area contributed by atoms with E-state index in [1.54, 1.807) is 27.6 Å². The van der Waals surface area contributed by atoms with Gasteiger partial charge in [-0.25, -0.2) is 0 Å². The highest BCUT2D eigenvalue weighted by molar-refractivity contribution is 5.87. The molecule has 0 spiro atoms. The monoisotopic (exact) mass is 524 g/mol. The first-order valence-corrected chi connectivity index (χ1v) is 12.8. The van der Waals surface area contributed by atoms with Gasteiger partial charge in [-0.3, -0.25) is 4.79 Å². The van der Waals surface area contributed by atoms with Crippen molar-refractivity contribution in [3.05, 3.63) is 114 Å². The molecular formula is C32H32N2O5. The summed E-state index contributed by atoms with van der Waals surface area (Å²) >= 11 is 0. The van der Waals surface area contributed by atoms with E-state index in [-0.39, 0.29) is 18.2 Å². The highest BCUT2D eigenvalue weighted by atomic mass is 16.5. The Hall–Kier alpha value is -4.65. The van der Waals surface area contributed by atoms with Crippen molar-refractivity contribution in [3.8, 4) is 17.2 Å². The van der Waals surface area contributed by atoms with Gasteiger partial charge in [0, 0.05) is 42.0 Å². The molecule has 5 rings (SSSR count).